The van der Waals surface area contributed by atoms with Gasteiger partial charge < -0.3 is 20.4 Å². The van der Waals surface area contributed by atoms with Crippen LogP contribution in [0.3, 0.4) is 0 Å². The predicted octanol–water partition coefficient (Wildman–Crippen LogP) is 4.16. The molecule has 2 aromatic rings. The van der Waals surface area contributed by atoms with E-state index in [-0.39, 0.29) is 12.0 Å². The fourth-order valence-corrected chi connectivity index (χ4v) is 2.87. The zero-order valence-electron chi connectivity index (χ0n) is 16.0. The highest BCUT2D eigenvalue weighted by atomic mass is 16.6. The van der Waals surface area contributed by atoms with Crippen LogP contribution in [-0.2, 0) is 4.74 Å². The minimum absolute atomic E-state index is 0.218. The first-order chi connectivity index (χ1) is 11.8. The highest BCUT2D eigenvalue weighted by Gasteiger charge is 2.20. The number of alkyl carbamates (subject to hydrolysis) is 1. The van der Waals surface area contributed by atoms with Gasteiger partial charge in [0.25, 0.3) is 0 Å². The van der Waals surface area contributed by atoms with Crippen LogP contribution in [0, 0.1) is 0 Å². The number of carbonyl (C=O) groups is 1. The standard InChI is InChI=1S/C20H31N3O2/c1-14(2)21-11-10-15(12-23-19(24)25-20(3,4)5)17-13-22-18-9-7-6-8-16(17)18/h6-9,13-15,21-22H,10-12H2,1-5H3,(H,23,24). The fraction of sp³-hybridized carbons (Fsp3) is 0.550. The Labute approximate surface area is 150 Å². The molecule has 0 aliphatic heterocycles. The van der Waals surface area contributed by atoms with Gasteiger partial charge in [-0.2, -0.15) is 0 Å². The van der Waals surface area contributed by atoms with Crippen molar-refractivity contribution in [2.24, 2.45) is 0 Å². The van der Waals surface area contributed by atoms with Gasteiger partial charge in [0, 0.05) is 35.6 Å². The van der Waals surface area contributed by atoms with Crippen LogP contribution in [0.2, 0.25) is 0 Å². The van der Waals surface area contributed by atoms with Crippen LogP contribution >= 0.6 is 0 Å². The third-order valence-electron chi connectivity index (χ3n) is 4.00. The van der Waals surface area contributed by atoms with E-state index in [4.69, 9.17) is 4.74 Å². The van der Waals surface area contributed by atoms with Gasteiger partial charge in [0.1, 0.15) is 5.60 Å². The summed E-state index contributed by atoms with van der Waals surface area (Å²) in [6, 6.07) is 8.71. The van der Waals surface area contributed by atoms with Crippen molar-refractivity contribution in [3.05, 3.63) is 36.0 Å². The molecule has 138 valence electrons. The maximum Gasteiger partial charge on any atom is 0.407 e. The van der Waals surface area contributed by atoms with Gasteiger partial charge in [0.15, 0.2) is 0 Å². The van der Waals surface area contributed by atoms with Crippen molar-refractivity contribution in [1.29, 1.82) is 0 Å². The number of carbonyl (C=O) groups excluding carboxylic acids is 1. The highest BCUT2D eigenvalue weighted by Crippen LogP contribution is 2.27. The summed E-state index contributed by atoms with van der Waals surface area (Å²) in [5, 5.41) is 7.60. The Hall–Kier alpha value is -2.01. The van der Waals surface area contributed by atoms with Gasteiger partial charge in [-0.05, 0) is 45.4 Å². The first-order valence-corrected chi connectivity index (χ1v) is 9.02. The molecule has 0 saturated heterocycles. The summed E-state index contributed by atoms with van der Waals surface area (Å²) >= 11 is 0. The van der Waals surface area contributed by atoms with Crippen LogP contribution < -0.4 is 10.6 Å². The lowest BCUT2D eigenvalue weighted by Crippen LogP contribution is -2.35. The van der Waals surface area contributed by atoms with E-state index in [0.29, 0.717) is 12.6 Å². The number of hydrogen-bond donors (Lipinski definition) is 3. The Bertz CT molecular complexity index is 686. The van der Waals surface area contributed by atoms with Crippen LogP contribution in [0.15, 0.2) is 30.5 Å². The number of para-hydroxylation sites is 1. The topological polar surface area (TPSA) is 66.2 Å². The molecule has 5 nitrogen and oxygen atoms in total. The van der Waals surface area contributed by atoms with Crippen molar-refractivity contribution in [3.8, 4) is 0 Å². The maximum atomic E-state index is 12.0. The van der Waals surface area contributed by atoms with Crippen molar-refractivity contribution in [1.82, 2.24) is 15.6 Å². The van der Waals surface area contributed by atoms with E-state index < -0.39 is 5.60 Å². The molecule has 1 unspecified atom stereocenters. The number of aromatic nitrogens is 1. The largest absolute Gasteiger partial charge is 0.444 e. The minimum Gasteiger partial charge on any atom is -0.444 e. The lowest BCUT2D eigenvalue weighted by molar-refractivity contribution is 0.0524. The molecule has 1 aromatic carbocycles. The van der Waals surface area contributed by atoms with E-state index in [1.165, 1.54) is 10.9 Å². The molecule has 0 bridgehead atoms. The van der Waals surface area contributed by atoms with Gasteiger partial charge in [-0.15, -0.1) is 0 Å². The average Bonchev–Trinajstić information content (AvgIpc) is 2.92. The molecule has 0 radical (unpaired) electrons. The zero-order valence-corrected chi connectivity index (χ0v) is 16.0. The molecule has 1 atom stereocenters. The smallest absolute Gasteiger partial charge is 0.407 e. The summed E-state index contributed by atoms with van der Waals surface area (Å²) < 4.78 is 5.36. The molecule has 0 aliphatic rings. The van der Waals surface area contributed by atoms with Gasteiger partial charge in [-0.25, -0.2) is 4.79 Å². The van der Waals surface area contributed by atoms with Crippen molar-refractivity contribution >= 4 is 17.0 Å². The lowest BCUT2D eigenvalue weighted by atomic mass is 9.95. The highest BCUT2D eigenvalue weighted by molar-refractivity contribution is 5.83. The summed E-state index contributed by atoms with van der Waals surface area (Å²) in [5.41, 5.74) is 1.87. The van der Waals surface area contributed by atoms with Crippen LogP contribution in [0.5, 0.6) is 0 Å². The Kier molecular flexibility index (Phi) is 6.48. The summed E-state index contributed by atoms with van der Waals surface area (Å²) in [7, 11) is 0. The summed E-state index contributed by atoms with van der Waals surface area (Å²) in [6.07, 6.45) is 2.63. The molecule has 1 aromatic heterocycles. The summed E-state index contributed by atoms with van der Waals surface area (Å²) in [6.45, 7) is 11.3. The second-order valence-electron chi connectivity index (χ2n) is 7.77. The van der Waals surface area contributed by atoms with Crippen LogP contribution in [0.4, 0.5) is 4.79 Å². The third kappa shape index (κ3) is 6.09. The summed E-state index contributed by atoms with van der Waals surface area (Å²) in [5.74, 6) is 0.218. The second kappa shape index (κ2) is 8.39. The Morgan fingerprint density at radius 1 is 1.24 bits per heavy atom. The van der Waals surface area contributed by atoms with E-state index in [1.54, 1.807) is 0 Å². The number of benzene rings is 1. The van der Waals surface area contributed by atoms with Crippen LogP contribution in [0.25, 0.3) is 10.9 Å². The zero-order chi connectivity index (χ0) is 18.4. The third-order valence-corrected chi connectivity index (χ3v) is 4.00. The van der Waals surface area contributed by atoms with Gasteiger partial charge in [0.05, 0.1) is 0 Å². The molecule has 5 heteroatoms. The first kappa shape index (κ1) is 19.3. The monoisotopic (exact) mass is 345 g/mol. The molecule has 1 amide bonds. The SMILES string of the molecule is CC(C)NCCC(CNC(=O)OC(C)(C)C)c1c[nH]c2ccccc12. The van der Waals surface area contributed by atoms with Crippen molar-refractivity contribution in [3.63, 3.8) is 0 Å². The minimum atomic E-state index is -0.487. The number of rotatable bonds is 7. The molecule has 0 fully saturated rings. The van der Waals surface area contributed by atoms with Crippen molar-refractivity contribution < 1.29 is 9.53 Å². The number of hydrogen-bond acceptors (Lipinski definition) is 3. The van der Waals surface area contributed by atoms with Gasteiger partial charge in [-0.3, -0.25) is 0 Å². The molecular formula is C20H31N3O2. The van der Waals surface area contributed by atoms with E-state index in [9.17, 15) is 4.79 Å². The number of aromatic amines is 1. The molecule has 3 N–H and O–H groups in total. The number of H-pyrrole nitrogens is 1. The molecule has 25 heavy (non-hydrogen) atoms. The number of nitrogens with one attached hydrogen (secondary N) is 3. The Morgan fingerprint density at radius 2 is 1.96 bits per heavy atom. The first-order valence-electron chi connectivity index (χ1n) is 9.02. The quantitative estimate of drug-likeness (QED) is 0.706. The number of fused-ring (bicyclic) bond motifs is 1. The Balaban J connectivity index is 2.09. The van der Waals surface area contributed by atoms with Crippen LogP contribution in [-0.4, -0.2) is 35.8 Å². The predicted molar refractivity (Wildman–Crippen MR) is 103 cm³/mol. The molecule has 0 aliphatic carbocycles. The normalized spacial score (nSPS) is 13.2. The average molecular weight is 345 g/mol. The van der Waals surface area contributed by atoms with E-state index in [2.05, 4.69) is 47.8 Å². The lowest BCUT2D eigenvalue weighted by Gasteiger charge is -2.22. The molecule has 2 rings (SSSR count). The molecule has 0 spiro atoms. The number of ether oxygens (including phenoxy) is 1. The van der Waals surface area contributed by atoms with Crippen LogP contribution in [0.1, 0.15) is 52.5 Å². The van der Waals surface area contributed by atoms with Gasteiger partial charge in [-0.1, -0.05) is 32.0 Å². The number of amides is 1. The second-order valence-corrected chi connectivity index (χ2v) is 7.77. The van der Waals surface area contributed by atoms with E-state index in [1.807, 2.05) is 32.9 Å². The maximum absolute atomic E-state index is 12.0. The van der Waals surface area contributed by atoms with Crippen molar-refractivity contribution in [2.75, 3.05) is 13.1 Å². The van der Waals surface area contributed by atoms with Gasteiger partial charge >= 0.3 is 6.09 Å². The van der Waals surface area contributed by atoms with E-state index in [0.717, 1.165) is 18.5 Å². The molecular weight excluding hydrogens is 314 g/mol. The Morgan fingerprint density at radius 3 is 2.64 bits per heavy atom. The molecule has 1 heterocycles. The molecule has 0 saturated carbocycles. The van der Waals surface area contributed by atoms with Crippen molar-refractivity contribution in [2.45, 2.75) is 58.6 Å². The van der Waals surface area contributed by atoms with Gasteiger partial charge in [0.2, 0.25) is 0 Å². The fourth-order valence-electron chi connectivity index (χ4n) is 2.87. The summed E-state index contributed by atoms with van der Waals surface area (Å²) in [4.78, 5) is 15.4. The van der Waals surface area contributed by atoms with E-state index >= 15 is 0 Å².